The van der Waals surface area contributed by atoms with E-state index in [9.17, 15) is 13.0 Å². The quantitative estimate of drug-likeness (QED) is 0.570. The molecule has 0 aliphatic heterocycles. The van der Waals surface area contributed by atoms with Gasteiger partial charge in [0, 0.05) is 17.2 Å². The lowest BCUT2D eigenvalue weighted by atomic mass is 10.2. The summed E-state index contributed by atoms with van der Waals surface area (Å²) in [6.45, 7) is 0. The average Bonchev–Trinajstić information content (AvgIpc) is 2.17. The number of hydrogen-bond acceptors (Lipinski definition) is 3. The van der Waals surface area contributed by atoms with Crippen molar-refractivity contribution in [2.75, 3.05) is 0 Å². The Morgan fingerprint density at radius 2 is 2.00 bits per heavy atom. The summed E-state index contributed by atoms with van der Waals surface area (Å²) >= 11 is 5.82. The molecule has 4 nitrogen and oxygen atoms in total. The van der Waals surface area contributed by atoms with Crippen LogP contribution in [-0.4, -0.2) is 13.0 Å². The van der Waals surface area contributed by atoms with E-state index >= 15 is 0 Å². The molecule has 0 saturated carbocycles. The molecule has 84 valence electrons. The smallest absolute Gasteiger partial charge is 0.215 e. The van der Waals surface area contributed by atoms with Gasteiger partial charge in [-0.2, -0.15) is 0 Å². The van der Waals surface area contributed by atoms with Crippen LogP contribution < -0.4 is 4.57 Å². The molecule has 0 aliphatic carbocycles. The van der Waals surface area contributed by atoms with Crippen LogP contribution in [0.3, 0.4) is 0 Å². The minimum atomic E-state index is -4.47. The van der Waals surface area contributed by atoms with Gasteiger partial charge in [-0.3, -0.25) is 0 Å². The van der Waals surface area contributed by atoms with Crippen LogP contribution in [0.25, 0.3) is 10.9 Å². The fourth-order valence-electron chi connectivity index (χ4n) is 1.57. The maximum atomic E-state index is 11.0. The van der Waals surface area contributed by atoms with Crippen LogP contribution in [0.2, 0.25) is 5.02 Å². The zero-order valence-corrected chi connectivity index (χ0v) is 9.92. The van der Waals surface area contributed by atoms with Gasteiger partial charge in [0.2, 0.25) is 5.52 Å². The number of pyridine rings is 1. The molecule has 0 amide bonds. The van der Waals surface area contributed by atoms with Crippen molar-refractivity contribution >= 4 is 32.6 Å². The van der Waals surface area contributed by atoms with E-state index in [1.165, 1.54) is 18.3 Å². The molecule has 0 N–H and O–H groups in total. The first-order valence-corrected chi connectivity index (χ1v) is 6.22. The molecule has 16 heavy (non-hydrogen) atoms. The van der Waals surface area contributed by atoms with Gasteiger partial charge in [-0.05, 0) is 12.1 Å². The van der Waals surface area contributed by atoms with Gasteiger partial charge in [0.1, 0.15) is 17.2 Å². The molecule has 0 atom stereocenters. The van der Waals surface area contributed by atoms with E-state index in [-0.39, 0.29) is 4.90 Å². The van der Waals surface area contributed by atoms with E-state index in [0.29, 0.717) is 15.9 Å². The van der Waals surface area contributed by atoms with Gasteiger partial charge in [0.05, 0.1) is 10.3 Å². The summed E-state index contributed by atoms with van der Waals surface area (Å²) in [5, 5.41) is 0.868. The van der Waals surface area contributed by atoms with Crippen molar-refractivity contribution in [2.24, 2.45) is 7.05 Å². The maximum absolute atomic E-state index is 11.0. The molecule has 0 bridgehead atoms. The fourth-order valence-corrected chi connectivity index (χ4v) is 2.41. The molecule has 0 radical (unpaired) electrons. The lowest BCUT2D eigenvalue weighted by Gasteiger charge is -2.08. The molecule has 1 heterocycles. The van der Waals surface area contributed by atoms with E-state index in [0.717, 1.165) is 0 Å². The minimum Gasteiger partial charge on any atom is -0.744 e. The largest absolute Gasteiger partial charge is 0.744 e. The van der Waals surface area contributed by atoms with E-state index in [1.54, 1.807) is 23.7 Å². The minimum absolute atomic E-state index is 0.225. The zero-order chi connectivity index (χ0) is 11.9. The monoisotopic (exact) mass is 257 g/mol. The second-order valence-electron chi connectivity index (χ2n) is 3.41. The van der Waals surface area contributed by atoms with Crippen molar-refractivity contribution < 1.29 is 17.5 Å². The topological polar surface area (TPSA) is 61.1 Å². The van der Waals surface area contributed by atoms with Crippen molar-refractivity contribution in [1.29, 1.82) is 0 Å². The van der Waals surface area contributed by atoms with Crippen molar-refractivity contribution in [3.8, 4) is 0 Å². The Morgan fingerprint density at radius 1 is 1.31 bits per heavy atom. The molecule has 1 aromatic heterocycles. The van der Waals surface area contributed by atoms with Crippen LogP contribution in [0.5, 0.6) is 0 Å². The summed E-state index contributed by atoms with van der Waals surface area (Å²) in [5.41, 5.74) is 0.601. The number of nitrogens with zero attached hydrogens (tertiary/aromatic N) is 1. The molecular weight excluding hydrogens is 250 g/mol. The van der Waals surface area contributed by atoms with Crippen molar-refractivity contribution in [1.82, 2.24) is 0 Å². The molecule has 1 aromatic carbocycles. The summed E-state index contributed by atoms with van der Waals surface area (Å²) < 4.78 is 34.8. The lowest BCUT2D eigenvalue weighted by Crippen LogP contribution is -2.28. The van der Waals surface area contributed by atoms with Crippen LogP contribution in [0, 0.1) is 0 Å². The van der Waals surface area contributed by atoms with Crippen molar-refractivity contribution in [3.63, 3.8) is 0 Å². The van der Waals surface area contributed by atoms with Crippen LogP contribution >= 0.6 is 11.6 Å². The predicted octanol–water partition coefficient (Wildman–Crippen LogP) is 1.22. The van der Waals surface area contributed by atoms with Gasteiger partial charge in [0.25, 0.3) is 0 Å². The highest BCUT2D eigenvalue weighted by atomic mass is 35.5. The van der Waals surface area contributed by atoms with E-state index in [2.05, 4.69) is 0 Å². The fraction of sp³-hybridized carbons (Fsp3) is 0.100. The molecule has 6 heteroatoms. The first kappa shape index (κ1) is 11.3. The molecule has 0 aliphatic rings. The molecule has 0 saturated heterocycles. The molecule has 0 spiro atoms. The molecular formula is C10H8ClNO3S. The van der Waals surface area contributed by atoms with Gasteiger partial charge in [-0.1, -0.05) is 11.6 Å². The maximum Gasteiger partial charge on any atom is 0.215 e. The number of hydrogen-bond donors (Lipinski definition) is 0. The highest BCUT2D eigenvalue weighted by Crippen LogP contribution is 2.22. The number of halogens is 1. The Morgan fingerprint density at radius 3 is 2.62 bits per heavy atom. The lowest BCUT2D eigenvalue weighted by molar-refractivity contribution is -0.645. The van der Waals surface area contributed by atoms with Crippen molar-refractivity contribution in [3.05, 3.63) is 35.5 Å². The predicted molar refractivity (Wildman–Crippen MR) is 58.1 cm³/mol. The first-order chi connectivity index (χ1) is 7.39. The van der Waals surface area contributed by atoms with E-state index in [1.807, 2.05) is 0 Å². The SMILES string of the molecule is C[n+]1ccc(S(=O)(=O)[O-])c2ccc(Cl)cc21. The molecule has 0 unspecified atom stereocenters. The highest BCUT2D eigenvalue weighted by Gasteiger charge is 2.14. The Labute approximate surface area is 97.8 Å². The summed E-state index contributed by atoms with van der Waals surface area (Å²) in [6, 6.07) is 5.99. The molecule has 0 fully saturated rings. The van der Waals surface area contributed by atoms with Gasteiger partial charge in [0.15, 0.2) is 6.20 Å². The number of aromatic nitrogens is 1. The van der Waals surface area contributed by atoms with E-state index < -0.39 is 10.1 Å². The Balaban J connectivity index is 2.96. The second-order valence-corrected chi connectivity index (χ2v) is 5.19. The number of fused-ring (bicyclic) bond motifs is 1. The summed E-state index contributed by atoms with van der Waals surface area (Å²) in [7, 11) is -2.72. The number of aryl methyl sites for hydroxylation is 1. The standard InChI is InChI=1S/C10H8ClNO3S/c1-12-5-4-10(16(13,14)15)8-3-2-7(11)6-9(8)12/h2-6H,1H3. The second kappa shape index (κ2) is 3.69. The van der Waals surface area contributed by atoms with E-state index in [4.69, 9.17) is 11.6 Å². The van der Waals surface area contributed by atoms with Gasteiger partial charge in [-0.15, -0.1) is 0 Å². The van der Waals surface area contributed by atoms with Crippen LogP contribution in [0.4, 0.5) is 0 Å². The Hall–Kier alpha value is -1.17. The highest BCUT2D eigenvalue weighted by molar-refractivity contribution is 7.86. The van der Waals surface area contributed by atoms with Gasteiger partial charge < -0.3 is 4.55 Å². The average molecular weight is 258 g/mol. The number of rotatable bonds is 1. The Bertz CT molecular complexity index is 667. The van der Waals surface area contributed by atoms with Gasteiger partial charge >= 0.3 is 0 Å². The van der Waals surface area contributed by atoms with Crippen LogP contribution in [0.15, 0.2) is 35.4 Å². The normalized spacial score (nSPS) is 11.9. The summed E-state index contributed by atoms with van der Waals surface area (Å²) in [5.74, 6) is 0. The summed E-state index contributed by atoms with van der Waals surface area (Å²) in [6.07, 6.45) is 1.52. The zero-order valence-electron chi connectivity index (χ0n) is 8.34. The third-order valence-corrected chi connectivity index (χ3v) is 3.45. The first-order valence-electron chi connectivity index (χ1n) is 4.43. The Kier molecular flexibility index (Phi) is 2.61. The summed E-state index contributed by atoms with van der Waals surface area (Å²) in [4.78, 5) is -0.225. The van der Waals surface area contributed by atoms with Gasteiger partial charge in [-0.25, -0.2) is 13.0 Å². The molecule has 2 aromatic rings. The third-order valence-electron chi connectivity index (χ3n) is 2.32. The third kappa shape index (κ3) is 1.89. The van der Waals surface area contributed by atoms with Crippen molar-refractivity contribution in [2.45, 2.75) is 4.90 Å². The van der Waals surface area contributed by atoms with Crippen LogP contribution in [-0.2, 0) is 17.2 Å². The van der Waals surface area contributed by atoms with Crippen LogP contribution in [0.1, 0.15) is 0 Å². The number of benzene rings is 1. The molecule has 2 rings (SSSR count).